The first-order valence-electron chi connectivity index (χ1n) is 12.0. The molecule has 198 valence electrons. The minimum atomic E-state index is -0.998. The molecule has 2 aromatic carbocycles. The average Bonchev–Trinajstić information content (AvgIpc) is 3.44. The monoisotopic (exact) mass is 536 g/mol. The van der Waals surface area contributed by atoms with E-state index in [1.54, 1.807) is 55.5 Å². The van der Waals surface area contributed by atoms with Crippen molar-refractivity contribution >= 4 is 39.9 Å². The first-order chi connectivity index (χ1) is 18.3. The predicted molar refractivity (Wildman–Crippen MR) is 143 cm³/mol. The number of ketones is 1. The number of ether oxygens (including phenoxy) is 3. The number of aryl methyl sites for hydroxylation is 1. The summed E-state index contributed by atoms with van der Waals surface area (Å²) in [6, 6.07) is 12.6. The number of aliphatic hydroxyl groups excluding tert-OH is 1. The van der Waals surface area contributed by atoms with Crippen LogP contribution in [-0.2, 0) is 14.3 Å². The maximum atomic E-state index is 13.4. The second-order valence-corrected chi connectivity index (χ2v) is 9.55. The molecular formula is C28H28N2O7S. The van der Waals surface area contributed by atoms with Crippen molar-refractivity contribution in [3.63, 3.8) is 0 Å². The summed E-state index contributed by atoms with van der Waals surface area (Å²) in [5.74, 6) is -1.56. The SMILES string of the molecule is CCCCOc1ccc(C2C(=C(O)c3cccc(OC)c3)C(=O)C(=O)N2c2nc(C)c(C(=O)OC)s2)cc1. The molecular weight excluding hydrogens is 508 g/mol. The van der Waals surface area contributed by atoms with Crippen molar-refractivity contribution in [3.05, 3.63) is 75.8 Å². The number of unbranched alkanes of at least 4 members (excludes halogenated alkanes) is 1. The molecule has 0 saturated carbocycles. The number of methoxy groups -OCH3 is 2. The van der Waals surface area contributed by atoms with Gasteiger partial charge in [0.05, 0.1) is 38.1 Å². The lowest BCUT2D eigenvalue weighted by Gasteiger charge is -2.23. The van der Waals surface area contributed by atoms with E-state index in [-0.39, 0.29) is 21.3 Å². The minimum absolute atomic E-state index is 0.102. The summed E-state index contributed by atoms with van der Waals surface area (Å²) in [4.78, 5) is 44.8. The zero-order valence-electron chi connectivity index (χ0n) is 21.5. The minimum Gasteiger partial charge on any atom is -0.507 e. The van der Waals surface area contributed by atoms with E-state index in [2.05, 4.69) is 11.9 Å². The van der Waals surface area contributed by atoms with Gasteiger partial charge in [-0.3, -0.25) is 14.5 Å². The van der Waals surface area contributed by atoms with Gasteiger partial charge in [0, 0.05) is 5.56 Å². The van der Waals surface area contributed by atoms with Crippen LogP contribution in [0.1, 0.15) is 52.3 Å². The first-order valence-corrected chi connectivity index (χ1v) is 12.9. The Bertz CT molecular complexity index is 1390. The van der Waals surface area contributed by atoms with E-state index in [0.717, 1.165) is 24.2 Å². The molecule has 4 rings (SSSR count). The van der Waals surface area contributed by atoms with Crippen molar-refractivity contribution in [3.8, 4) is 11.5 Å². The number of anilines is 1. The summed E-state index contributed by atoms with van der Waals surface area (Å²) in [5.41, 5.74) is 1.14. The van der Waals surface area contributed by atoms with Crippen LogP contribution in [0.4, 0.5) is 5.13 Å². The van der Waals surface area contributed by atoms with Crippen molar-refractivity contribution in [2.45, 2.75) is 32.7 Å². The van der Waals surface area contributed by atoms with Crippen LogP contribution in [0.5, 0.6) is 11.5 Å². The molecule has 3 aromatic rings. The van der Waals surface area contributed by atoms with E-state index in [1.165, 1.54) is 19.1 Å². The van der Waals surface area contributed by atoms with Gasteiger partial charge in [-0.05, 0) is 43.2 Å². The molecule has 1 unspecified atom stereocenters. The summed E-state index contributed by atoms with van der Waals surface area (Å²) in [7, 11) is 2.75. The molecule has 1 saturated heterocycles. The van der Waals surface area contributed by atoms with Gasteiger partial charge in [-0.15, -0.1) is 0 Å². The standard InChI is InChI=1S/C28H28N2O7S/c1-5-6-14-37-19-12-10-17(11-13-19)22-21(23(31)18-8-7-9-20(15-18)35-3)24(32)26(33)30(22)28-29-16(2)25(38-28)27(34)36-4/h7-13,15,22,31H,5-6,14H2,1-4H3. The Hall–Kier alpha value is -4.18. The van der Waals surface area contributed by atoms with Gasteiger partial charge in [0.15, 0.2) is 5.13 Å². The number of nitrogens with zero attached hydrogens (tertiary/aromatic N) is 2. The fraction of sp³-hybridized carbons (Fsp3) is 0.286. The van der Waals surface area contributed by atoms with Crippen molar-refractivity contribution in [1.29, 1.82) is 0 Å². The molecule has 1 fully saturated rings. The van der Waals surface area contributed by atoms with Crippen LogP contribution < -0.4 is 14.4 Å². The molecule has 1 aromatic heterocycles. The van der Waals surface area contributed by atoms with Crippen LogP contribution in [0.2, 0.25) is 0 Å². The lowest BCUT2D eigenvalue weighted by Crippen LogP contribution is -2.29. The number of thiazole rings is 1. The van der Waals surface area contributed by atoms with Crippen molar-refractivity contribution in [1.82, 2.24) is 4.98 Å². The highest BCUT2D eigenvalue weighted by Gasteiger charge is 2.48. The molecule has 1 aliphatic heterocycles. The number of carbonyl (C=O) groups is 3. The van der Waals surface area contributed by atoms with Gasteiger partial charge in [-0.25, -0.2) is 9.78 Å². The van der Waals surface area contributed by atoms with Crippen LogP contribution in [0, 0.1) is 6.92 Å². The lowest BCUT2D eigenvalue weighted by molar-refractivity contribution is -0.132. The molecule has 1 N–H and O–H groups in total. The molecule has 9 nitrogen and oxygen atoms in total. The van der Waals surface area contributed by atoms with Crippen LogP contribution in [0.3, 0.4) is 0 Å². The molecule has 0 aliphatic carbocycles. The summed E-state index contributed by atoms with van der Waals surface area (Å²) >= 11 is 0.944. The number of aromatic nitrogens is 1. The van der Waals surface area contributed by atoms with Gasteiger partial charge in [0.2, 0.25) is 0 Å². The topological polar surface area (TPSA) is 115 Å². The number of Topliss-reactive ketones (excluding diaryl/α,β-unsaturated/α-hetero) is 1. The quantitative estimate of drug-likeness (QED) is 0.133. The number of benzene rings is 2. The largest absolute Gasteiger partial charge is 0.507 e. The van der Waals surface area contributed by atoms with E-state index in [0.29, 0.717) is 34.9 Å². The van der Waals surface area contributed by atoms with Gasteiger partial charge in [-0.1, -0.05) is 48.9 Å². The van der Waals surface area contributed by atoms with Gasteiger partial charge in [0.25, 0.3) is 5.78 Å². The summed E-state index contributed by atoms with van der Waals surface area (Å²) in [5, 5.41) is 11.5. The molecule has 38 heavy (non-hydrogen) atoms. The highest BCUT2D eigenvalue weighted by molar-refractivity contribution is 7.17. The normalized spacial score (nSPS) is 16.5. The maximum Gasteiger partial charge on any atom is 0.350 e. The Morgan fingerprint density at radius 3 is 2.50 bits per heavy atom. The van der Waals surface area contributed by atoms with Gasteiger partial charge in [0.1, 0.15) is 22.1 Å². The molecule has 0 radical (unpaired) electrons. The van der Waals surface area contributed by atoms with E-state index in [1.807, 2.05) is 0 Å². The van der Waals surface area contributed by atoms with Gasteiger partial charge < -0.3 is 19.3 Å². The number of hydrogen-bond donors (Lipinski definition) is 1. The predicted octanol–water partition coefficient (Wildman–Crippen LogP) is 5.05. The van der Waals surface area contributed by atoms with Crippen LogP contribution in [-0.4, -0.2) is 48.6 Å². The second kappa shape index (κ2) is 11.5. The average molecular weight is 537 g/mol. The number of hydrogen-bond acceptors (Lipinski definition) is 9. The van der Waals surface area contributed by atoms with E-state index < -0.39 is 23.7 Å². The maximum absolute atomic E-state index is 13.4. The summed E-state index contributed by atoms with van der Waals surface area (Å²) in [6.07, 6.45) is 1.91. The highest BCUT2D eigenvalue weighted by atomic mass is 32.1. The molecule has 1 amide bonds. The van der Waals surface area contributed by atoms with E-state index in [9.17, 15) is 19.5 Å². The van der Waals surface area contributed by atoms with Crippen molar-refractivity contribution < 1.29 is 33.7 Å². The molecule has 0 bridgehead atoms. The Labute approximate surface area is 224 Å². The van der Waals surface area contributed by atoms with Crippen LogP contribution >= 0.6 is 11.3 Å². The van der Waals surface area contributed by atoms with Crippen LogP contribution in [0.15, 0.2) is 54.1 Å². The van der Waals surface area contributed by atoms with E-state index in [4.69, 9.17) is 14.2 Å². The zero-order valence-corrected chi connectivity index (χ0v) is 22.3. The highest BCUT2D eigenvalue weighted by Crippen LogP contribution is 2.44. The van der Waals surface area contributed by atoms with Crippen molar-refractivity contribution in [2.24, 2.45) is 0 Å². The van der Waals surface area contributed by atoms with E-state index >= 15 is 0 Å². The third-order valence-corrected chi connectivity index (χ3v) is 7.25. The Balaban J connectivity index is 1.86. The smallest absolute Gasteiger partial charge is 0.350 e. The second-order valence-electron chi connectivity index (χ2n) is 8.57. The number of aliphatic hydroxyl groups is 1. The Morgan fingerprint density at radius 2 is 1.84 bits per heavy atom. The number of rotatable bonds is 9. The number of amides is 1. The Morgan fingerprint density at radius 1 is 1.11 bits per heavy atom. The van der Waals surface area contributed by atoms with Gasteiger partial charge in [-0.2, -0.15) is 0 Å². The lowest BCUT2D eigenvalue weighted by atomic mass is 9.95. The van der Waals surface area contributed by atoms with Gasteiger partial charge >= 0.3 is 11.9 Å². The first kappa shape index (κ1) is 26.9. The number of esters is 1. The molecule has 0 spiro atoms. The number of carbonyl (C=O) groups excluding carboxylic acids is 3. The third-order valence-electron chi connectivity index (χ3n) is 6.11. The van der Waals surface area contributed by atoms with Crippen molar-refractivity contribution in [2.75, 3.05) is 25.7 Å². The zero-order chi connectivity index (χ0) is 27.4. The fourth-order valence-corrected chi connectivity index (χ4v) is 5.13. The molecule has 1 atom stereocenters. The molecule has 10 heteroatoms. The molecule has 1 aliphatic rings. The Kier molecular flexibility index (Phi) is 8.11. The fourth-order valence-electron chi connectivity index (χ4n) is 4.12. The summed E-state index contributed by atoms with van der Waals surface area (Å²) in [6.45, 7) is 4.26. The molecule has 2 heterocycles. The van der Waals surface area contributed by atoms with Crippen LogP contribution in [0.25, 0.3) is 5.76 Å². The third kappa shape index (κ3) is 5.12. The summed E-state index contributed by atoms with van der Waals surface area (Å²) < 4.78 is 15.8.